The van der Waals surface area contributed by atoms with E-state index in [2.05, 4.69) is 4.98 Å². The van der Waals surface area contributed by atoms with Crippen molar-refractivity contribution in [3.05, 3.63) is 64.0 Å². The molecule has 2 heterocycles. The van der Waals surface area contributed by atoms with Crippen LogP contribution in [0.15, 0.2) is 47.8 Å². The second-order valence-corrected chi connectivity index (χ2v) is 8.22. The van der Waals surface area contributed by atoms with Gasteiger partial charge in [0, 0.05) is 16.5 Å². The van der Waals surface area contributed by atoms with E-state index in [4.69, 9.17) is 4.74 Å². The number of hydrogen-bond acceptors (Lipinski definition) is 5. The summed E-state index contributed by atoms with van der Waals surface area (Å²) in [6, 6.07) is 13.1. The molecule has 4 rings (SSSR count). The summed E-state index contributed by atoms with van der Waals surface area (Å²) < 4.78 is 5.90. The van der Waals surface area contributed by atoms with Gasteiger partial charge < -0.3 is 4.74 Å². The lowest BCUT2D eigenvalue weighted by molar-refractivity contribution is -0.126. The molecule has 0 fully saturated rings. The Balaban J connectivity index is 1.71. The van der Waals surface area contributed by atoms with Gasteiger partial charge in [-0.3, -0.25) is 14.5 Å². The third-order valence-electron chi connectivity index (χ3n) is 5.02. The summed E-state index contributed by atoms with van der Waals surface area (Å²) in [6.45, 7) is 5.81. The molecule has 3 aromatic rings. The molecule has 1 atom stereocenters. The molecule has 1 aromatic heterocycles. The van der Waals surface area contributed by atoms with E-state index in [-0.39, 0.29) is 18.2 Å². The van der Waals surface area contributed by atoms with E-state index < -0.39 is 6.10 Å². The highest BCUT2D eigenvalue weighted by Gasteiger charge is 2.34. The van der Waals surface area contributed by atoms with Crippen molar-refractivity contribution in [2.75, 3.05) is 11.4 Å². The first-order chi connectivity index (χ1) is 14.0. The van der Waals surface area contributed by atoms with Crippen LogP contribution in [0.25, 0.3) is 11.3 Å². The van der Waals surface area contributed by atoms with Gasteiger partial charge in [-0.2, -0.15) is 0 Å². The van der Waals surface area contributed by atoms with Crippen molar-refractivity contribution in [3.63, 3.8) is 0 Å². The topological polar surface area (TPSA) is 59.5 Å². The molecule has 1 aliphatic rings. The van der Waals surface area contributed by atoms with E-state index in [0.717, 1.165) is 21.8 Å². The summed E-state index contributed by atoms with van der Waals surface area (Å²) in [5.41, 5.74) is 4.04. The Morgan fingerprint density at radius 2 is 1.93 bits per heavy atom. The van der Waals surface area contributed by atoms with Gasteiger partial charge in [-0.15, -0.1) is 11.3 Å². The number of benzene rings is 2. The van der Waals surface area contributed by atoms with Gasteiger partial charge in [-0.25, -0.2) is 4.98 Å². The maximum atomic E-state index is 13.0. The average Bonchev–Trinajstić information content (AvgIpc) is 3.16. The van der Waals surface area contributed by atoms with Crippen molar-refractivity contribution in [1.29, 1.82) is 0 Å². The number of ether oxygens (including phenoxy) is 1. The zero-order valence-electron chi connectivity index (χ0n) is 16.6. The van der Waals surface area contributed by atoms with Crippen LogP contribution in [0.5, 0.6) is 5.75 Å². The lowest BCUT2D eigenvalue weighted by Gasteiger charge is -2.34. The van der Waals surface area contributed by atoms with Gasteiger partial charge in [0.1, 0.15) is 5.75 Å². The zero-order valence-corrected chi connectivity index (χ0v) is 17.5. The highest BCUT2D eigenvalue weighted by molar-refractivity contribution is 7.09. The highest BCUT2D eigenvalue weighted by atomic mass is 32.1. The van der Waals surface area contributed by atoms with Gasteiger partial charge in [0.25, 0.3) is 5.91 Å². The molecular formula is C23H22N2O3S. The number of amides is 1. The van der Waals surface area contributed by atoms with Crippen molar-refractivity contribution in [2.24, 2.45) is 0 Å². The number of ketones is 1. The van der Waals surface area contributed by atoms with Crippen molar-refractivity contribution in [2.45, 2.75) is 33.3 Å². The SMILES string of the molecule is CCC1Oc2ccc(-c3csc(C)n3)cc2N(CC(=O)c2ccc(C)cc2)C1=O. The number of thiazole rings is 1. The number of anilines is 1. The predicted octanol–water partition coefficient (Wildman–Crippen LogP) is 4.81. The van der Waals surface area contributed by atoms with Crippen LogP contribution in [0, 0.1) is 13.8 Å². The van der Waals surface area contributed by atoms with Crippen molar-refractivity contribution < 1.29 is 14.3 Å². The molecule has 5 nitrogen and oxygen atoms in total. The lowest BCUT2D eigenvalue weighted by Crippen LogP contribution is -2.47. The van der Waals surface area contributed by atoms with Gasteiger partial charge in [0.05, 0.1) is 22.9 Å². The number of hydrogen-bond donors (Lipinski definition) is 0. The summed E-state index contributed by atoms with van der Waals surface area (Å²) in [5.74, 6) is 0.326. The molecule has 29 heavy (non-hydrogen) atoms. The minimum atomic E-state index is -0.583. The molecule has 0 N–H and O–H groups in total. The fraction of sp³-hybridized carbons (Fsp3) is 0.261. The largest absolute Gasteiger partial charge is 0.478 e. The summed E-state index contributed by atoms with van der Waals surface area (Å²) in [6.07, 6.45) is -0.0405. The summed E-state index contributed by atoms with van der Waals surface area (Å²) in [7, 11) is 0. The molecule has 1 amide bonds. The maximum Gasteiger partial charge on any atom is 0.268 e. The number of carbonyl (C=O) groups excluding carboxylic acids is 2. The first-order valence-electron chi connectivity index (χ1n) is 9.60. The number of carbonyl (C=O) groups is 2. The minimum Gasteiger partial charge on any atom is -0.478 e. The van der Waals surface area contributed by atoms with Crippen LogP contribution in [0.1, 0.15) is 34.3 Å². The molecule has 148 valence electrons. The summed E-state index contributed by atoms with van der Waals surface area (Å²) in [4.78, 5) is 32.0. The molecule has 0 aliphatic carbocycles. The summed E-state index contributed by atoms with van der Waals surface area (Å²) in [5, 5.41) is 2.96. The van der Waals surface area contributed by atoms with Crippen LogP contribution in [0.2, 0.25) is 0 Å². The van der Waals surface area contributed by atoms with Crippen LogP contribution in [0.4, 0.5) is 5.69 Å². The number of fused-ring (bicyclic) bond motifs is 1. The molecule has 1 aliphatic heterocycles. The monoisotopic (exact) mass is 406 g/mol. The smallest absolute Gasteiger partial charge is 0.268 e. The second-order valence-electron chi connectivity index (χ2n) is 7.16. The molecule has 0 bridgehead atoms. The molecule has 1 unspecified atom stereocenters. The van der Waals surface area contributed by atoms with Crippen molar-refractivity contribution in [3.8, 4) is 17.0 Å². The van der Waals surface area contributed by atoms with Gasteiger partial charge >= 0.3 is 0 Å². The van der Waals surface area contributed by atoms with Crippen LogP contribution < -0.4 is 9.64 Å². The summed E-state index contributed by atoms with van der Waals surface area (Å²) >= 11 is 1.57. The van der Waals surface area contributed by atoms with Gasteiger partial charge in [0.2, 0.25) is 0 Å². The maximum absolute atomic E-state index is 13.0. The molecular weight excluding hydrogens is 384 g/mol. The first-order valence-corrected chi connectivity index (χ1v) is 10.5. The van der Waals surface area contributed by atoms with Gasteiger partial charge in [-0.1, -0.05) is 36.8 Å². The van der Waals surface area contributed by atoms with E-state index in [1.54, 1.807) is 28.4 Å². The third-order valence-corrected chi connectivity index (χ3v) is 5.79. The lowest BCUT2D eigenvalue weighted by atomic mass is 10.0. The van der Waals surface area contributed by atoms with Gasteiger partial charge in [0.15, 0.2) is 11.9 Å². The average molecular weight is 407 g/mol. The second kappa shape index (κ2) is 7.79. The quantitative estimate of drug-likeness (QED) is 0.570. The van der Waals surface area contributed by atoms with Crippen molar-refractivity contribution >= 4 is 28.7 Å². The number of aryl methyl sites for hydroxylation is 2. The molecule has 6 heteroatoms. The van der Waals surface area contributed by atoms with Crippen molar-refractivity contribution in [1.82, 2.24) is 4.98 Å². The Morgan fingerprint density at radius 1 is 1.17 bits per heavy atom. The fourth-order valence-corrected chi connectivity index (χ4v) is 4.00. The van der Waals surface area contributed by atoms with E-state index >= 15 is 0 Å². The predicted molar refractivity (Wildman–Crippen MR) is 115 cm³/mol. The molecule has 0 radical (unpaired) electrons. The van der Waals surface area contributed by atoms with E-state index in [1.165, 1.54) is 0 Å². The Hall–Kier alpha value is -2.99. The van der Waals surface area contributed by atoms with Gasteiger partial charge in [-0.05, 0) is 38.5 Å². The number of nitrogens with zero attached hydrogens (tertiary/aromatic N) is 2. The number of rotatable bonds is 5. The Bertz CT molecular complexity index is 1070. The Labute approximate surface area is 174 Å². The van der Waals surface area contributed by atoms with E-state index in [1.807, 2.05) is 56.5 Å². The third kappa shape index (κ3) is 3.80. The molecule has 0 saturated carbocycles. The van der Waals surface area contributed by atoms with E-state index in [9.17, 15) is 9.59 Å². The van der Waals surface area contributed by atoms with Crippen LogP contribution in [0.3, 0.4) is 0 Å². The normalized spacial score (nSPS) is 15.8. The highest BCUT2D eigenvalue weighted by Crippen LogP contribution is 2.38. The molecule has 0 spiro atoms. The van der Waals surface area contributed by atoms with Crippen LogP contribution in [-0.2, 0) is 4.79 Å². The minimum absolute atomic E-state index is 0.0195. The molecule has 0 saturated heterocycles. The van der Waals surface area contributed by atoms with Crippen LogP contribution in [-0.4, -0.2) is 29.3 Å². The Morgan fingerprint density at radius 3 is 2.59 bits per heavy atom. The van der Waals surface area contributed by atoms with E-state index in [0.29, 0.717) is 23.4 Å². The standard InChI is InChI=1S/C23H22N2O3S/c1-4-21-23(27)25(12-20(26)16-7-5-14(2)6-8-16)19-11-17(9-10-22(19)28-21)18-13-29-15(3)24-18/h5-11,13,21H,4,12H2,1-3H3. The Kier molecular flexibility index (Phi) is 5.20. The fourth-order valence-electron chi connectivity index (χ4n) is 3.37. The first kappa shape index (κ1) is 19.3. The zero-order chi connectivity index (χ0) is 20.5. The molecule has 2 aromatic carbocycles. The number of Topliss-reactive ketones (excluding diaryl/α,β-unsaturated/α-hetero) is 1. The number of aromatic nitrogens is 1. The van der Waals surface area contributed by atoms with Crippen LogP contribution >= 0.6 is 11.3 Å².